The Labute approximate surface area is 200 Å². The molecule has 7 nitrogen and oxygen atoms in total. The van der Waals surface area contributed by atoms with Crippen LogP contribution in [0.2, 0.25) is 5.02 Å². The molecule has 0 fully saturated rings. The Kier molecular flexibility index (Phi) is 7.85. The number of carbonyl (C=O) groups is 2. The summed E-state index contributed by atoms with van der Waals surface area (Å²) in [6.07, 6.45) is 0. The monoisotopic (exact) mass is 508 g/mol. The zero-order valence-electron chi connectivity index (χ0n) is 17.8. The van der Waals surface area contributed by atoms with Crippen LogP contribution in [-0.4, -0.2) is 33.4 Å². The molecule has 0 aliphatic heterocycles. The topological polar surface area (TPSA) is 92.8 Å². The van der Waals surface area contributed by atoms with Gasteiger partial charge < -0.3 is 10.1 Å². The highest BCUT2D eigenvalue weighted by atomic mass is 35.5. The molecule has 3 aromatic carbocycles. The molecular weight excluding hydrogens is 490 g/mol. The van der Waals surface area contributed by atoms with Crippen molar-refractivity contribution >= 4 is 44.9 Å². The maximum absolute atomic E-state index is 13.4. The average molecular weight is 509 g/mol. The molecule has 34 heavy (non-hydrogen) atoms. The van der Waals surface area contributed by atoms with Crippen molar-refractivity contribution in [2.45, 2.75) is 11.8 Å². The van der Waals surface area contributed by atoms with E-state index < -0.39 is 40.1 Å². The second-order valence-electron chi connectivity index (χ2n) is 6.91. The lowest BCUT2D eigenvalue weighted by molar-refractivity contribution is -0.114. The maximum atomic E-state index is 13.4. The molecule has 0 unspecified atom stereocenters. The highest BCUT2D eigenvalue weighted by molar-refractivity contribution is 7.92. The van der Waals surface area contributed by atoms with Crippen LogP contribution >= 0.6 is 11.6 Å². The van der Waals surface area contributed by atoms with Gasteiger partial charge in [0.05, 0.1) is 33.5 Å². The van der Waals surface area contributed by atoms with E-state index in [-0.39, 0.29) is 33.5 Å². The van der Waals surface area contributed by atoms with E-state index in [2.05, 4.69) is 5.32 Å². The molecule has 0 aromatic heterocycles. The smallest absolute Gasteiger partial charge is 0.338 e. The van der Waals surface area contributed by atoms with Crippen LogP contribution in [0.25, 0.3) is 0 Å². The van der Waals surface area contributed by atoms with E-state index >= 15 is 0 Å². The van der Waals surface area contributed by atoms with Crippen molar-refractivity contribution in [2.75, 3.05) is 22.8 Å². The predicted molar refractivity (Wildman–Crippen MR) is 123 cm³/mol. The minimum atomic E-state index is -4.32. The summed E-state index contributed by atoms with van der Waals surface area (Å²) in [6, 6.07) is 12.6. The Balaban J connectivity index is 1.88. The Morgan fingerprint density at radius 3 is 2.12 bits per heavy atom. The second-order valence-corrected chi connectivity index (χ2v) is 9.17. The number of amides is 1. The van der Waals surface area contributed by atoms with Crippen LogP contribution in [0.1, 0.15) is 17.3 Å². The summed E-state index contributed by atoms with van der Waals surface area (Å²) in [5.74, 6) is -2.58. The highest BCUT2D eigenvalue weighted by Gasteiger charge is 2.27. The van der Waals surface area contributed by atoms with Gasteiger partial charge in [-0.15, -0.1) is 0 Å². The van der Waals surface area contributed by atoms with Crippen molar-refractivity contribution in [3.8, 4) is 0 Å². The summed E-state index contributed by atoms with van der Waals surface area (Å²) < 4.78 is 58.8. The molecular formula is C23H19ClF2N2O5S. The number of rotatable bonds is 8. The first-order valence-electron chi connectivity index (χ1n) is 9.92. The van der Waals surface area contributed by atoms with Crippen LogP contribution in [0.5, 0.6) is 0 Å². The lowest BCUT2D eigenvalue weighted by Crippen LogP contribution is -2.38. The first-order valence-corrected chi connectivity index (χ1v) is 11.7. The summed E-state index contributed by atoms with van der Waals surface area (Å²) >= 11 is 6.16. The van der Waals surface area contributed by atoms with Crippen molar-refractivity contribution in [1.29, 1.82) is 0 Å². The third-order valence-corrected chi connectivity index (χ3v) is 6.66. The van der Waals surface area contributed by atoms with Gasteiger partial charge in [0.25, 0.3) is 10.0 Å². The molecule has 3 rings (SSSR count). The normalized spacial score (nSPS) is 11.1. The molecule has 3 aromatic rings. The van der Waals surface area contributed by atoms with E-state index in [4.69, 9.17) is 16.3 Å². The number of hydrogen-bond donors (Lipinski definition) is 1. The van der Waals surface area contributed by atoms with Gasteiger partial charge in [0, 0.05) is 0 Å². The largest absolute Gasteiger partial charge is 0.462 e. The first-order chi connectivity index (χ1) is 16.1. The van der Waals surface area contributed by atoms with Gasteiger partial charge in [0.2, 0.25) is 5.91 Å². The van der Waals surface area contributed by atoms with Crippen LogP contribution in [0.15, 0.2) is 71.6 Å². The minimum Gasteiger partial charge on any atom is -0.462 e. The van der Waals surface area contributed by atoms with E-state index in [9.17, 15) is 26.8 Å². The molecule has 0 spiro atoms. The number of carbonyl (C=O) groups excluding carboxylic acids is 2. The number of sulfonamides is 1. The SMILES string of the molecule is CCOC(=O)c1ccc(NC(=O)CN(c2ccc(F)cc2)S(=O)(=O)c2ccc(F)cc2)c(Cl)c1. The van der Waals surface area contributed by atoms with Gasteiger partial charge in [0.1, 0.15) is 18.2 Å². The Hall–Kier alpha value is -3.50. The molecule has 0 bridgehead atoms. The molecule has 0 aliphatic carbocycles. The predicted octanol–water partition coefficient (Wildman–Crippen LogP) is 4.63. The fourth-order valence-electron chi connectivity index (χ4n) is 2.93. The standard InChI is InChI=1S/C23H19ClF2N2O5S/c1-2-33-23(30)15-3-12-21(20(24)13-15)27-22(29)14-28(18-8-4-16(25)5-9-18)34(31,32)19-10-6-17(26)7-11-19/h3-13H,2,14H2,1H3,(H,27,29). The lowest BCUT2D eigenvalue weighted by Gasteiger charge is -2.24. The summed E-state index contributed by atoms with van der Waals surface area (Å²) in [4.78, 5) is 24.3. The summed E-state index contributed by atoms with van der Waals surface area (Å²) in [7, 11) is -4.32. The summed E-state index contributed by atoms with van der Waals surface area (Å²) in [5.41, 5.74) is 0.333. The highest BCUT2D eigenvalue weighted by Crippen LogP contribution is 2.26. The molecule has 11 heteroatoms. The number of esters is 1. The number of halogens is 3. The van der Waals surface area contributed by atoms with Crippen LogP contribution in [0.4, 0.5) is 20.2 Å². The molecule has 0 saturated heterocycles. The van der Waals surface area contributed by atoms with Crippen molar-refractivity contribution in [3.63, 3.8) is 0 Å². The molecule has 0 saturated carbocycles. The van der Waals surface area contributed by atoms with E-state index in [1.165, 1.54) is 30.3 Å². The van der Waals surface area contributed by atoms with Gasteiger partial charge >= 0.3 is 5.97 Å². The van der Waals surface area contributed by atoms with Crippen molar-refractivity contribution in [3.05, 3.63) is 89.0 Å². The van der Waals surface area contributed by atoms with Gasteiger partial charge in [-0.25, -0.2) is 22.0 Å². The van der Waals surface area contributed by atoms with Gasteiger partial charge in [-0.3, -0.25) is 9.10 Å². The quantitative estimate of drug-likeness (QED) is 0.448. The van der Waals surface area contributed by atoms with Crippen LogP contribution in [0.3, 0.4) is 0 Å². The molecule has 0 heterocycles. The summed E-state index contributed by atoms with van der Waals surface area (Å²) in [5, 5.41) is 2.53. The van der Waals surface area contributed by atoms with Crippen LogP contribution in [-0.2, 0) is 19.6 Å². The van der Waals surface area contributed by atoms with Gasteiger partial charge in [-0.05, 0) is 73.7 Å². The zero-order chi connectivity index (χ0) is 24.9. The van der Waals surface area contributed by atoms with Gasteiger partial charge in [-0.1, -0.05) is 11.6 Å². The first kappa shape index (κ1) is 25.1. The van der Waals surface area contributed by atoms with E-state index in [1.54, 1.807) is 6.92 Å². The number of nitrogens with zero attached hydrogens (tertiary/aromatic N) is 1. The second kappa shape index (κ2) is 10.6. The van der Waals surface area contributed by atoms with Gasteiger partial charge in [-0.2, -0.15) is 0 Å². The van der Waals surface area contributed by atoms with Crippen LogP contribution < -0.4 is 9.62 Å². The number of hydrogen-bond acceptors (Lipinski definition) is 5. The third kappa shape index (κ3) is 5.89. The van der Waals surface area contributed by atoms with Crippen molar-refractivity contribution in [2.24, 2.45) is 0 Å². The lowest BCUT2D eigenvalue weighted by atomic mass is 10.2. The Bertz CT molecular complexity index is 1300. The molecule has 1 N–H and O–H groups in total. The fourth-order valence-corrected chi connectivity index (χ4v) is 4.58. The van der Waals surface area contributed by atoms with E-state index in [1.807, 2.05) is 0 Å². The Morgan fingerprint density at radius 1 is 0.971 bits per heavy atom. The van der Waals surface area contributed by atoms with E-state index in [0.29, 0.717) is 0 Å². The number of anilines is 2. The average Bonchev–Trinajstić information content (AvgIpc) is 2.80. The molecule has 1 amide bonds. The van der Waals surface area contributed by atoms with E-state index in [0.717, 1.165) is 40.7 Å². The molecule has 178 valence electrons. The maximum Gasteiger partial charge on any atom is 0.338 e. The number of benzene rings is 3. The third-order valence-electron chi connectivity index (χ3n) is 4.56. The van der Waals surface area contributed by atoms with Crippen LogP contribution in [0, 0.1) is 11.6 Å². The number of ether oxygens (including phenoxy) is 1. The molecule has 0 atom stereocenters. The number of nitrogens with one attached hydrogen (secondary N) is 1. The van der Waals surface area contributed by atoms with Gasteiger partial charge in [0.15, 0.2) is 0 Å². The fraction of sp³-hybridized carbons (Fsp3) is 0.130. The van der Waals surface area contributed by atoms with Crippen molar-refractivity contribution in [1.82, 2.24) is 0 Å². The zero-order valence-corrected chi connectivity index (χ0v) is 19.4. The Morgan fingerprint density at radius 2 is 1.56 bits per heavy atom. The minimum absolute atomic E-state index is 0.0182. The van der Waals surface area contributed by atoms with Crippen molar-refractivity contribution < 1.29 is 31.5 Å². The molecule has 0 radical (unpaired) electrons. The molecule has 0 aliphatic rings. The summed E-state index contributed by atoms with van der Waals surface area (Å²) in [6.45, 7) is 1.14.